The molecule has 47 heavy (non-hydrogen) atoms. The lowest BCUT2D eigenvalue weighted by Crippen LogP contribution is -2.15. The van der Waals surface area contributed by atoms with Gasteiger partial charge in [-0.25, -0.2) is 0 Å². The van der Waals surface area contributed by atoms with Gasteiger partial charge in [-0.3, -0.25) is 0 Å². The molecular weight excluding hydrogens is 567 g/mol. The molecule has 0 aromatic heterocycles. The van der Waals surface area contributed by atoms with Gasteiger partial charge in [0.2, 0.25) is 0 Å². The third-order valence-corrected chi connectivity index (χ3v) is 9.92. The molecule has 1 heteroatoms. The summed E-state index contributed by atoms with van der Waals surface area (Å²) in [7, 11) is 0. The van der Waals surface area contributed by atoms with Crippen LogP contribution < -0.4 is 4.90 Å². The molecule has 0 bridgehead atoms. The first-order valence-corrected chi connectivity index (χ1v) is 16.3. The second-order valence-electron chi connectivity index (χ2n) is 12.5. The molecule has 1 nitrogen and oxygen atoms in total. The van der Waals surface area contributed by atoms with Crippen LogP contribution in [0, 0.1) is 0 Å². The van der Waals surface area contributed by atoms with E-state index < -0.39 is 0 Å². The number of hydrogen-bond donors (Lipinski definition) is 0. The van der Waals surface area contributed by atoms with E-state index in [-0.39, 0.29) is 0 Å². The van der Waals surface area contributed by atoms with E-state index in [0.717, 1.165) is 5.69 Å². The fourth-order valence-electron chi connectivity index (χ4n) is 7.92. The van der Waals surface area contributed by atoms with Crippen LogP contribution in [0.25, 0.3) is 76.8 Å². The van der Waals surface area contributed by atoms with Gasteiger partial charge in [0.25, 0.3) is 0 Å². The lowest BCUT2D eigenvalue weighted by Gasteiger charge is -2.35. The summed E-state index contributed by atoms with van der Waals surface area (Å²) >= 11 is 0. The summed E-state index contributed by atoms with van der Waals surface area (Å²) in [6.45, 7) is 0. The van der Waals surface area contributed by atoms with Crippen LogP contribution in [-0.4, -0.2) is 0 Å². The molecule has 0 atom stereocenters. The molecule has 9 aromatic rings. The lowest BCUT2D eigenvalue weighted by molar-refractivity contribution is 1.29. The van der Waals surface area contributed by atoms with E-state index >= 15 is 0 Å². The van der Waals surface area contributed by atoms with Crippen molar-refractivity contribution < 1.29 is 0 Å². The number of benzene rings is 9. The summed E-state index contributed by atoms with van der Waals surface area (Å²) < 4.78 is 0. The van der Waals surface area contributed by atoms with E-state index in [0.29, 0.717) is 0 Å². The molecule has 0 saturated carbocycles. The summed E-state index contributed by atoms with van der Waals surface area (Å²) in [6, 6.07) is 64.5. The van der Waals surface area contributed by atoms with Crippen LogP contribution in [0.1, 0.15) is 0 Å². The highest BCUT2D eigenvalue weighted by atomic mass is 15.2. The Kier molecular flexibility index (Phi) is 5.64. The largest absolute Gasteiger partial charge is 0.309 e. The Balaban J connectivity index is 1.47. The van der Waals surface area contributed by atoms with Gasteiger partial charge in [0, 0.05) is 22.0 Å². The fraction of sp³-hybridized carbons (Fsp3) is 0. The Morgan fingerprint density at radius 3 is 1.38 bits per heavy atom. The van der Waals surface area contributed by atoms with E-state index in [4.69, 9.17) is 0 Å². The normalized spacial score (nSPS) is 12.2. The number of anilines is 3. The number of rotatable bonds is 4. The fourth-order valence-corrected chi connectivity index (χ4v) is 7.92. The predicted octanol–water partition coefficient (Wildman–Crippen LogP) is 13.0. The molecule has 0 fully saturated rings. The second-order valence-corrected chi connectivity index (χ2v) is 12.5. The number of para-hydroxylation sites is 2. The average molecular weight is 596 g/mol. The van der Waals surface area contributed by atoms with Crippen molar-refractivity contribution in [3.63, 3.8) is 0 Å². The maximum Gasteiger partial charge on any atom is 0.0553 e. The van der Waals surface area contributed by atoms with Crippen LogP contribution in [0.15, 0.2) is 176 Å². The van der Waals surface area contributed by atoms with Crippen molar-refractivity contribution in [2.45, 2.75) is 0 Å². The summed E-state index contributed by atoms with van der Waals surface area (Å²) in [5.41, 5.74) is 13.6. The Labute approximate surface area is 273 Å². The van der Waals surface area contributed by atoms with Crippen molar-refractivity contribution >= 4 is 49.4 Å². The van der Waals surface area contributed by atoms with Crippen LogP contribution in [0.5, 0.6) is 0 Å². The minimum Gasteiger partial charge on any atom is -0.309 e. The van der Waals surface area contributed by atoms with Crippen molar-refractivity contribution in [1.29, 1.82) is 0 Å². The zero-order valence-electron chi connectivity index (χ0n) is 25.7. The molecule has 0 amide bonds. The second kappa shape index (κ2) is 10.2. The van der Waals surface area contributed by atoms with Gasteiger partial charge in [-0.05, 0) is 96.9 Å². The Bertz CT molecular complexity index is 2590. The Hall–Kier alpha value is -6.18. The highest BCUT2D eigenvalue weighted by molar-refractivity contribution is 6.36. The van der Waals surface area contributed by atoms with Crippen LogP contribution in [0.2, 0.25) is 0 Å². The zero-order valence-corrected chi connectivity index (χ0v) is 25.7. The number of hydrogen-bond acceptors (Lipinski definition) is 1. The highest BCUT2D eigenvalue weighted by Gasteiger charge is 2.30. The summed E-state index contributed by atoms with van der Waals surface area (Å²) in [5, 5.41) is 7.82. The molecule has 0 saturated heterocycles. The Morgan fingerprint density at radius 2 is 0.766 bits per heavy atom. The molecule has 10 rings (SSSR count). The van der Waals surface area contributed by atoms with Gasteiger partial charge in [0.15, 0.2) is 0 Å². The summed E-state index contributed by atoms with van der Waals surface area (Å²) in [4.78, 5) is 2.47. The van der Waals surface area contributed by atoms with Gasteiger partial charge in [-0.15, -0.1) is 0 Å². The minimum atomic E-state index is 1.16. The van der Waals surface area contributed by atoms with Crippen LogP contribution in [0.3, 0.4) is 0 Å². The Morgan fingerprint density at radius 1 is 0.277 bits per heavy atom. The van der Waals surface area contributed by atoms with Crippen LogP contribution in [0.4, 0.5) is 17.1 Å². The highest BCUT2D eigenvalue weighted by Crippen LogP contribution is 2.57. The maximum atomic E-state index is 2.48. The molecule has 9 aromatic carbocycles. The first kappa shape index (κ1) is 26.1. The smallest absolute Gasteiger partial charge is 0.0553 e. The summed E-state index contributed by atoms with van der Waals surface area (Å²) in [6.07, 6.45) is 0. The van der Waals surface area contributed by atoms with E-state index in [1.807, 2.05) is 0 Å². The van der Waals surface area contributed by atoms with Crippen LogP contribution in [-0.2, 0) is 0 Å². The van der Waals surface area contributed by atoms with E-state index in [1.54, 1.807) is 0 Å². The van der Waals surface area contributed by atoms with Crippen molar-refractivity contribution in [2.75, 3.05) is 4.90 Å². The average Bonchev–Trinajstić information content (AvgIpc) is 3.15. The molecule has 1 aliphatic heterocycles. The number of fused-ring (bicyclic) bond motifs is 2. The lowest BCUT2D eigenvalue weighted by atomic mass is 9.79. The van der Waals surface area contributed by atoms with E-state index in [2.05, 4.69) is 181 Å². The monoisotopic (exact) mass is 595 g/mol. The molecule has 0 radical (unpaired) electrons. The molecule has 0 aliphatic carbocycles. The molecule has 1 heterocycles. The minimum absolute atomic E-state index is 1.16. The standard InChI is InChI=1S/C46H29N/c1-5-15-30(16-6-1)37-27-38(31-17-7-2-8-18-31)41-28-40-34-23-13-14-24-42(34)47(33-21-11-4-12-22-33)43-29-39(32-19-9-3-10-20-32)36-26-25-35(37)44(41)46(36)45(40)43/h1-29H. The SMILES string of the molecule is c1ccc(-c2cc(-c3ccccc3)c3cc4c5c(cc(-c6ccccc6)c6ccc2c3c65)N(c2ccccc2)c2ccccc2-4)cc1. The van der Waals surface area contributed by atoms with Gasteiger partial charge >= 0.3 is 0 Å². The molecule has 1 aliphatic rings. The van der Waals surface area contributed by atoms with Gasteiger partial charge in [-0.2, -0.15) is 0 Å². The quantitative estimate of drug-likeness (QED) is 0.183. The van der Waals surface area contributed by atoms with Crippen LogP contribution >= 0.6 is 0 Å². The molecule has 0 N–H and O–H groups in total. The molecule has 0 spiro atoms. The first-order valence-electron chi connectivity index (χ1n) is 16.3. The topological polar surface area (TPSA) is 3.24 Å². The molecular formula is C46H29N. The van der Waals surface area contributed by atoms with Gasteiger partial charge in [0.05, 0.1) is 11.4 Å². The third-order valence-electron chi connectivity index (χ3n) is 9.92. The van der Waals surface area contributed by atoms with Crippen molar-refractivity contribution in [3.8, 4) is 44.5 Å². The zero-order chi connectivity index (χ0) is 30.9. The maximum absolute atomic E-state index is 2.48. The van der Waals surface area contributed by atoms with Gasteiger partial charge in [-0.1, -0.05) is 140 Å². The van der Waals surface area contributed by atoms with Gasteiger partial charge in [0.1, 0.15) is 0 Å². The van der Waals surface area contributed by atoms with Crippen molar-refractivity contribution in [1.82, 2.24) is 0 Å². The van der Waals surface area contributed by atoms with Gasteiger partial charge < -0.3 is 4.90 Å². The number of nitrogens with zero attached hydrogens (tertiary/aromatic N) is 1. The predicted molar refractivity (Wildman–Crippen MR) is 200 cm³/mol. The summed E-state index contributed by atoms with van der Waals surface area (Å²) in [5.74, 6) is 0. The third kappa shape index (κ3) is 3.84. The van der Waals surface area contributed by atoms with Crippen molar-refractivity contribution in [2.24, 2.45) is 0 Å². The first-order chi connectivity index (χ1) is 23.3. The van der Waals surface area contributed by atoms with E-state index in [1.165, 1.54) is 88.2 Å². The van der Waals surface area contributed by atoms with Crippen molar-refractivity contribution in [3.05, 3.63) is 176 Å². The molecule has 218 valence electrons. The van der Waals surface area contributed by atoms with E-state index in [9.17, 15) is 0 Å². The molecule has 0 unspecified atom stereocenters.